The summed E-state index contributed by atoms with van der Waals surface area (Å²) in [5, 5.41) is 11.4. The maximum absolute atomic E-state index is 12.9. The number of nitrogen functional groups attached to an aromatic ring is 1. The van der Waals surface area contributed by atoms with Gasteiger partial charge in [0.25, 0.3) is 0 Å². The quantitative estimate of drug-likeness (QED) is 0.819. The lowest BCUT2D eigenvalue weighted by Crippen LogP contribution is -2.02. The van der Waals surface area contributed by atoms with Gasteiger partial charge in [0.05, 0.1) is 6.20 Å². The molecule has 1 heterocycles. The van der Waals surface area contributed by atoms with E-state index in [9.17, 15) is 4.39 Å². The summed E-state index contributed by atoms with van der Waals surface area (Å²) < 4.78 is 12.9. The van der Waals surface area contributed by atoms with Gasteiger partial charge in [-0.25, -0.2) is 9.37 Å². The summed E-state index contributed by atoms with van der Waals surface area (Å²) in [5.74, 6) is -0.0647. The van der Waals surface area contributed by atoms with Crippen molar-refractivity contribution in [2.45, 2.75) is 0 Å². The molecule has 0 fully saturated rings. The van der Waals surface area contributed by atoms with E-state index in [0.717, 1.165) is 0 Å². The highest BCUT2D eigenvalue weighted by Crippen LogP contribution is 2.15. The van der Waals surface area contributed by atoms with Crippen LogP contribution in [0, 0.1) is 17.1 Å². The number of halogens is 1. The van der Waals surface area contributed by atoms with Crippen LogP contribution in [0.2, 0.25) is 0 Å². The van der Waals surface area contributed by atoms with E-state index in [4.69, 9.17) is 11.0 Å². The van der Waals surface area contributed by atoms with Gasteiger partial charge in [-0.15, -0.1) is 0 Å². The highest BCUT2D eigenvalue weighted by atomic mass is 19.1. The lowest BCUT2D eigenvalue weighted by Gasteiger charge is -2.05. The third kappa shape index (κ3) is 2.46. The molecular weight excluding hydrogens is 221 g/mol. The second kappa shape index (κ2) is 4.45. The normalized spacial score (nSPS) is 9.65. The van der Waals surface area contributed by atoms with E-state index in [2.05, 4.69) is 15.3 Å². The molecule has 3 N–H and O–H groups in total. The number of hydrogen-bond acceptors (Lipinski definition) is 5. The number of hydrogen-bond donors (Lipinski definition) is 2. The fraction of sp³-hybridized carbons (Fsp3) is 0. The van der Waals surface area contributed by atoms with Crippen LogP contribution in [0.5, 0.6) is 0 Å². The zero-order valence-electron chi connectivity index (χ0n) is 8.68. The lowest BCUT2D eigenvalue weighted by molar-refractivity contribution is 0.628. The van der Waals surface area contributed by atoms with Crippen LogP contribution in [0.25, 0.3) is 0 Å². The van der Waals surface area contributed by atoms with E-state index >= 15 is 0 Å². The fourth-order valence-electron chi connectivity index (χ4n) is 1.24. The number of aromatic nitrogens is 2. The molecule has 84 valence electrons. The smallest absolute Gasteiger partial charge is 0.229 e. The predicted molar refractivity (Wildman–Crippen MR) is 60.8 cm³/mol. The Hall–Kier alpha value is -2.68. The van der Waals surface area contributed by atoms with Gasteiger partial charge < -0.3 is 11.1 Å². The van der Waals surface area contributed by atoms with Crippen LogP contribution in [0.15, 0.2) is 30.5 Å². The standard InChI is InChI=1S/C11H8FN5/c12-8-2-1-3-9(4-8)16-11-15-6-7(5-13)10(14)17-11/h1-4,6H,(H3,14,15,16,17). The maximum Gasteiger partial charge on any atom is 0.229 e. The van der Waals surface area contributed by atoms with Crippen molar-refractivity contribution in [3.05, 3.63) is 41.8 Å². The van der Waals surface area contributed by atoms with Gasteiger partial charge in [-0.2, -0.15) is 10.2 Å². The maximum atomic E-state index is 12.9. The fourth-order valence-corrected chi connectivity index (χ4v) is 1.24. The van der Waals surface area contributed by atoms with Gasteiger partial charge >= 0.3 is 0 Å². The summed E-state index contributed by atoms with van der Waals surface area (Å²) >= 11 is 0. The van der Waals surface area contributed by atoms with Crippen LogP contribution in [0.3, 0.4) is 0 Å². The van der Waals surface area contributed by atoms with Crippen molar-refractivity contribution in [3.63, 3.8) is 0 Å². The summed E-state index contributed by atoms with van der Waals surface area (Å²) in [4.78, 5) is 7.77. The third-order valence-electron chi connectivity index (χ3n) is 2.02. The highest BCUT2D eigenvalue weighted by Gasteiger charge is 2.03. The Morgan fingerprint density at radius 3 is 2.88 bits per heavy atom. The molecule has 0 aliphatic heterocycles. The highest BCUT2D eigenvalue weighted by molar-refractivity contribution is 5.56. The van der Waals surface area contributed by atoms with E-state index in [1.165, 1.54) is 18.3 Å². The number of benzene rings is 1. The molecule has 0 unspecified atom stereocenters. The average Bonchev–Trinajstić information content (AvgIpc) is 2.29. The summed E-state index contributed by atoms with van der Waals surface area (Å²) in [6.07, 6.45) is 1.31. The van der Waals surface area contributed by atoms with E-state index in [1.54, 1.807) is 12.1 Å². The first-order valence-electron chi connectivity index (χ1n) is 4.74. The number of nitrogens with one attached hydrogen (secondary N) is 1. The molecule has 2 aromatic rings. The largest absolute Gasteiger partial charge is 0.382 e. The first-order chi connectivity index (χ1) is 8.19. The SMILES string of the molecule is N#Cc1cnc(Nc2cccc(F)c2)nc1N. The zero-order valence-corrected chi connectivity index (χ0v) is 8.68. The van der Waals surface area contributed by atoms with Crippen LogP contribution in [-0.4, -0.2) is 9.97 Å². The zero-order chi connectivity index (χ0) is 12.3. The van der Waals surface area contributed by atoms with Gasteiger partial charge in [0.1, 0.15) is 23.3 Å². The topological polar surface area (TPSA) is 87.6 Å². The van der Waals surface area contributed by atoms with E-state index in [1.807, 2.05) is 6.07 Å². The first-order valence-corrected chi connectivity index (χ1v) is 4.74. The first kappa shape index (κ1) is 10.8. The molecule has 1 aromatic carbocycles. The van der Waals surface area contributed by atoms with Crippen molar-refractivity contribution >= 4 is 17.5 Å². The number of nitriles is 1. The molecule has 0 saturated heterocycles. The van der Waals surface area contributed by atoms with Crippen molar-refractivity contribution in [1.82, 2.24) is 9.97 Å². The molecular formula is C11H8FN5. The van der Waals surface area contributed by atoms with Gasteiger partial charge in [0.2, 0.25) is 5.95 Å². The van der Waals surface area contributed by atoms with Crippen molar-refractivity contribution in [3.8, 4) is 6.07 Å². The van der Waals surface area contributed by atoms with Gasteiger partial charge in [0.15, 0.2) is 0 Å². The molecule has 0 aliphatic rings. The van der Waals surface area contributed by atoms with Crippen LogP contribution in [-0.2, 0) is 0 Å². The summed E-state index contributed by atoms with van der Waals surface area (Å²) in [6, 6.07) is 7.72. The van der Waals surface area contributed by atoms with E-state index < -0.39 is 0 Å². The molecule has 0 aliphatic carbocycles. The summed E-state index contributed by atoms with van der Waals surface area (Å²) in [7, 11) is 0. The van der Waals surface area contributed by atoms with Crippen molar-refractivity contribution in [1.29, 1.82) is 5.26 Å². The molecule has 0 amide bonds. The Labute approximate surface area is 96.7 Å². The van der Waals surface area contributed by atoms with Crippen molar-refractivity contribution < 1.29 is 4.39 Å². The van der Waals surface area contributed by atoms with E-state index in [-0.39, 0.29) is 23.1 Å². The Bertz CT molecular complexity index is 591. The van der Waals surface area contributed by atoms with Gasteiger partial charge in [0, 0.05) is 5.69 Å². The van der Waals surface area contributed by atoms with Crippen LogP contribution < -0.4 is 11.1 Å². The minimum absolute atomic E-state index is 0.0846. The minimum Gasteiger partial charge on any atom is -0.382 e. The average molecular weight is 229 g/mol. The number of rotatable bonds is 2. The minimum atomic E-state index is -0.364. The molecule has 5 nitrogen and oxygen atoms in total. The van der Waals surface area contributed by atoms with Crippen molar-refractivity contribution in [2.75, 3.05) is 11.1 Å². The Kier molecular flexibility index (Phi) is 2.83. The van der Waals surface area contributed by atoms with Crippen LogP contribution in [0.4, 0.5) is 21.8 Å². The monoisotopic (exact) mass is 229 g/mol. The summed E-state index contributed by atoms with van der Waals surface area (Å²) in [5.41, 5.74) is 6.24. The molecule has 0 saturated carbocycles. The molecule has 0 bridgehead atoms. The van der Waals surface area contributed by atoms with Gasteiger partial charge in [-0.1, -0.05) is 6.07 Å². The second-order valence-corrected chi connectivity index (χ2v) is 3.24. The van der Waals surface area contributed by atoms with Crippen molar-refractivity contribution in [2.24, 2.45) is 0 Å². The molecule has 0 spiro atoms. The summed E-state index contributed by atoms with van der Waals surface area (Å²) in [6.45, 7) is 0. The molecule has 0 atom stereocenters. The molecule has 0 radical (unpaired) electrons. The Balaban J connectivity index is 2.25. The van der Waals surface area contributed by atoms with Crippen LogP contribution in [0.1, 0.15) is 5.56 Å². The van der Waals surface area contributed by atoms with Crippen LogP contribution >= 0.6 is 0 Å². The molecule has 6 heteroatoms. The van der Waals surface area contributed by atoms with Gasteiger partial charge in [-0.05, 0) is 18.2 Å². The second-order valence-electron chi connectivity index (χ2n) is 3.24. The number of nitrogens with two attached hydrogens (primary N) is 1. The number of anilines is 3. The van der Waals surface area contributed by atoms with E-state index in [0.29, 0.717) is 5.69 Å². The molecule has 2 rings (SSSR count). The lowest BCUT2D eigenvalue weighted by atomic mass is 10.3. The molecule has 17 heavy (non-hydrogen) atoms. The Morgan fingerprint density at radius 2 is 2.24 bits per heavy atom. The third-order valence-corrected chi connectivity index (χ3v) is 2.02. The predicted octanol–water partition coefficient (Wildman–Crippen LogP) is 1.81. The molecule has 1 aromatic heterocycles. The Morgan fingerprint density at radius 1 is 1.41 bits per heavy atom. The number of nitrogens with zero attached hydrogens (tertiary/aromatic N) is 3. The van der Waals surface area contributed by atoms with Gasteiger partial charge in [-0.3, -0.25) is 0 Å².